The average molecular weight is 238 g/mol. The summed E-state index contributed by atoms with van der Waals surface area (Å²) in [5.74, 6) is 0.557. The maximum absolute atomic E-state index is 12.1. The van der Waals surface area contributed by atoms with E-state index in [4.69, 9.17) is 0 Å². The van der Waals surface area contributed by atoms with Crippen molar-refractivity contribution < 1.29 is 9.59 Å². The minimum Gasteiger partial charge on any atom is -0.343 e. The van der Waals surface area contributed by atoms with Gasteiger partial charge in [0, 0.05) is 6.54 Å². The van der Waals surface area contributed by atoms with Crippen molar-refractivity contribution in [3.63, 3.8) is 0 Å². The number of piperazine rings is 1. The van der Waals surface area contributed by atoms with E-state index in [1.807, 2.05) is 4.90 Å². The highest BCUT2D eigenvalue weighted by molar-refractivity contribution is 5.97. The van der Waals surface area contributed by atoms with Gasteiger partial charge in [-0.1, -0.05) is 19.8 Å². The molecule has 1 aliphatic carbocycles. The van der Waals surface area contributed by atoms with Gasteiger partial charge in [0.2, 0.25) is 11.8 Å². The van der Waals surface area contributed by atoms with Crippen LogP contribution in [0.15, 0.2) is 0 Å². The molecular weight excluding hydrogens is 216 g/mol. The van der Waals surface area contributed by atoms with Gasteiger partial charge >= 0.3 is 0 Å². The molecule has 17 heavy (non-hydrogen) atoms. The van der Waals surface area contributed by atoms with E-state index < -0.39 is 0 Å². The zero-order valence-electron chi connectivity index (χ0n) is 10.7. The SMILES string of the molecule is CCCCCN1C(=O)C(C)NC(=O)C1C1CC1. The number of carbonyl (C=O) groups is 2. The molecular formula is C13H22N2O2. The summed E-state index contributed by atoms with van der Waals surface area (Å²) in [6, 6.07) is -0.533. The number of nitrogens with one attached hydrogen (secondary N) is 1. The Morgan fingerprint density at radius 3 is 2.59 bits per heavy atom. The fraction of sp³-hybridized carbons (Fsp3) is 0.846. The van der Waals surface area contributed by atoms with Crippen LogP contribution >= 0.6 is 0 Å². The number of unbranched alkanes of at least 4 members (excludes halogenated alkanes) is 2. The summed E-state index contributed by atoms with van der Waals surface area (Å²) < 4.78 is 0. The van der Waals surface area contributed by atoms with Crippen molar-refractivity contribution in [2.24, 2.45) is 5.92 Å². The standard InChI is InChI=1S/C13H22N2O2/c1-3-4-5-8-15-11(10-6-7-10)12(16)14-9(2)13(15)17/h9-11H,3-8H2,1-2H3,(H,14,16). The van der Waals surface area contributed by atoms with Crippen molar-refractivity contribution in [2.45, 2.75) is 58.0 Å². The Labute approximate surface area is 103 Å². The van der Waals surface area contributed by atoms with Gasteiger partial charge in [0.05, 0.1) is 0 Å². The molecule has 4 heteroatoms. The Morgan fingerprint density at radius 2 is 2.00 bits per heavy atom. The van der Waals surface area contributed by atoms with Crippen LogP contribution in [0.25, 0.3) is 0 Å². The smallest absolute Gasteiger partial charge is 0.245 e. The summed E-state index contributed by atoms with van der Waals surface area (Å²) in [5, 5.41) is 2.79. The summed E-state index contributed by atoms with van der Waals surface area (Å²) in [4.78, 5) is 25.9. The zero-order valence-corrected chi connectivity index (χ0v) is 10.7. The van der Waals surface area contributed by atoms with Crippen molar-refractivity contribution >= 4 is 11.8 Å². The summed E-state index contributed by atoms with van der Waals surface area (Å²) in [6.07, 6.45) is 5.44. The molecule has 2 aliphatic rings. The van der Waals surface area contributed by atoms with E-state index in [0.717, 1.165) is 38.6 Å². The minimum atomic E-state index is -0.348. The summed E-state index contributed by atoms with van der Waals surface area (Å²) in [5.41, 5.74) is 0. The van der Waals surface area contributed by atoms with E-state index in [9.17, 15) is 9.59 Å². The number of hydrogen-bond donors (Lipinski definition) is 1. The second kappa shape index (κ2) is 5.07. The highest BCUT2D eigenvalue weighted by atomic mass is 16.2. The van der Waals surface area contributed by atoms with Gasteiger partial charge in [0.1, 0.15) is 12.1 Å². The number of rotatable bonds is 5. The van der Waals surface area contributed by atoms with Gasteiger partial charge in [-0.2, -0.15) is 0 Å². The van der Waals surface area contributed by atoms with Crippen LogP contribution in [0, 0.1) is 5.92 Å². The van der Waals surface area contributed by atoms with E-state index in [0.29, 0.717) is 5.92 Å². The Balaban J connectivity index is 2.03. The molecule has 0 aromatic carbocycles. The second-order valence-corrected chi connectivity index (χ2v) is 5.25. The molecule has 2 fully saturated rings. The molecule has 1 heterocycles. The van der Waals surface area contributed by atoms with E-state index in [2.05, 4.69) is 12.2 Å². The number of carbonyl (C=O) groups excluding carboxylic acids is 2. The average Bonchev–Trinajstić information content (AvgIpc) is 3.09. The van der Waals surface area contributed by atoms with E-state index >= 15 is 0 Å². The molecule has 2 atom stereocenters. The predicted octanol–water partition coefficient (Wildman–Crippen LogP) is 1.30. The molecule has 2 rings (SSSR count). The van der Waals surface area contributed by atoms with E-state index in [1.165, 1.54) is 0 Å². The fourth-order valence-electron chi connectivity index (χ4n) is 2.55. The molecule has 4 nitrogen and oxygen atoms in total. The van der Waals surface area contributed by atoms with Crippen LogP contribution < -0.4 is 5.32 Å². The molecule has 0 spiro atoms. The molecule has 1 N–H and O–H groups in total. The van der Waals surface area contributed by atoms with Crippen LogP contribution in [0.2, 0.25) is 0 Å². The summed E-state index contributed by atoms with van der Waals surface area (Å²) in [6.45, 7) is 4.66. The van der Waals surface area contributed by atoms with Gasteiger partial charge in [-0.3, -0.25) is 9.59 Å². The van der Waals surface area contributed by atoms with Crippen molar-refractivity contribution in [1.82, 2.24) is 10.2 Å². The zero-order chi connectivity index (χ0) is 12.4. The van der Waals surface area contributed by atoms with Gasteiger partial charge in [-0.05, 0) is 32.1 Å². The van der Waals surface area contributed by atoms with Crippen molar-refractivity contribution in [1.29, 1.82) is 0 Å². The van der Waals surface area contributed by atoms with Crippen molar-refractivity contribution in [3.8, 4) is 0 Å². The Kier molecular flexibility index (Phi) is 3.69. The van der Waals surface area contributed by atoms with Gasteiger partial charge in [-0.15, -0.1) is 0 Å². The number of hydrogen-bond acceptors (Lipinski definition) is 2. The molecule has 96 valence electrons. The predicted molar refractivity (Wildman–Crippen MR) is 65.4 cm³/mol. The maximum atomic E-state index is 12.1. The lowest BCUT2D eigenvalue weighted by molar-refractivity contribution is -0.149. The summed E-state index contributed by atoms with van der Waals surface area (Å²) in [7, 11) is 0. The monoisotopic (exact) mass is 238 g/mol. The second-order valence-electron chi connectivity index (χ2n) is 5.25. The molecule has 0 bridgehead atoms. The molecule has 1 saturated carbocycles. The van der Waals surface area contributed by atoms with Gasteiger partial charge < -0.3 is 10.2 Å². The molecule has 0 radical (unpaired) electrons. The Hall–Kier alpha value is -1.06. The lowest BCUT2D eigenvalue weighted by Gasteiger charge is -2.38. The molecule has 2 amide bonds. The van der Waals surface area contributed by atoms with Crippen molar-refractivity contribution in [2.75, 3.05) is 6.54 Å². The van der Waals surface area contributed by atoms with Crippen LogP contribution in [0.4, 0.5) is 0 Å². The van der Waals surface area contributed by atoms with Crippen LogP contribution in [0.1, 0.15) is 46.0 Å². The van der Waals surface area contributed by atoms with Gasteiger partial charge in [0.25, 0.3) is 0 Å². The molecule has 0 aromatic rings. The normalized spacial score (nSPS) is 29.4. The Bertz CT molecular complexity index is 313. The third kappa shape index (κ3) is 2.61. The van der Waals surface area contributed by atoms with Crippen LogP contribution in [-0.2, 0) is 9.59 Å². The molecule has 1 aliphatic heterocycles. The van der Waals surface area contributed by atoms with Crippen LogP contribution in [-0.4, -0.2) is 35.3 Å². The highest BCUT2D eigenvalue weighted by Gasteiger charge is 2.46. The largest absolute Gasteiger partial charge is 0.343 e. The number of nitrogens with zero attached hydrogens (tertiary/aromatic N) is 1. The quantitative estimate of drug-likeness (QED) is 0.734. The van der Waals surface area contributed by atoms with E-state index in [1.54, 1.807) is 6.92 Å². The molecule has 0 aromatic heterocycles. The fourth-order valence-corrected chi connectivity index (χ4v) is 2.55. The third-order valence-corrected chi connectivity index (χ3v) is 3.69. The highest BCUT2D eigenvalue weighted by Crippen LogP contribution is 2.37. The van der Waals surface area contributed by atoms with Crippen LogP contribution in [0.5, 0.6) is 0 Å². The first kappa shape index (κ1) is 12.4. The van der Waals surface area contributed by atoms with Crippen molar-refractivity contribution in [3.05, 3.63) is 0 Å². The topological polar surface area (TPSA) is 49.4 Å². The molecule has 2 unspecified atom stereocenters. The van der Waals surface area contributed by atoms with Crippen LogP contribution in [0.3, 0.4) is 0 Å². The maximum Gasteiger partial charge on any atom is 0.245 e. The first-order chi connectivity index (χ1) is 8.15. The minimum absolute atomic E-state index is 0.0519. The molecule has 1 saturated heterocycles. The summed E-state index contributed by atoms with van der Waals surface area (Å²) >= 11 is 0. The third-order valence-electron chi connectivity index (χ3n) is 3.69. The van der Waals surface area contributed by atoms with E-state index in [-0.39, 0.29) is 23.9 Å². The Morgan fingerprint density at radius 1 is 1.29 bits per heavy atom. The number of amides is 2. The first-order valence-electron chi connectivity index (χ1n) is 6.76. The first-order valence-corrected chi connectivity index (χ1v) is 6.76. The van der Waals surface area contributed by atoms with Gasteiger partial charge in [-0.25, -0.2) is 0 Å². The lowest BCUT2D eigenvalue weighted by Crippen LogP contribution is -2.63. The van der Waals surface area contributed by atoms with Gasteiger partial charge in [0.15, 0.2) is 0 Å². The lowest BCUT2D eigenvalue weighted by atomic mass is 10.0.